The van der Waals surface area contributed by atoms with Gasteiger partial charge in [0, 0.05) is 0 Å². The molecular weight excluding hydrogens is 144 g/mol. The highest BCUT2D eigenvalue weighted by Gasteiger charge is 2.06. The number of rotatable bonds is 5. The van der Waals surface area contributed by atoms with Crippen LogP contribution in [0.25, 0.3) is 0 Å². The first-order chi connectivity index (χ1) is 5.22. The summed E-state index contributed by atoms with van der Waals surface area (Å²) < 4.78 is 9.42. The van der Waals surface area contributed by atoms with E-state index in [0.29, 0.717) is 6.61 Å². The Morgan fingerprint density at radius 2 is 2.18 bits per heavy atom. The number of hydrogen-bond donors (Lipinski definition) is 0. The van der Waals surface area contributed by atoms with Crippen molar-refractivity contribution in [3.05, 3.63) is 25.0 Å². The summed E-state index contributed by atoms with van der Waals surface area (Å²) in [6.07, 6.45) is 1.48. The number of carbonyl (C=O) groups is 1. The van der Waals surface area contributed by atoms with Gasteiger partial charge in [-0.2, -0.15) is 0 Å². The Labute approximate surface area is 66.3 Å². The zero-order valence-corrected chi connectivity index (χ0v) is 6.63. The third-order valence-electron chi connectivity index (χ3n) is 0.879. The van der Waals surface area contributed by atoms with Gasteiger partial charge in [-0.15, -0.1) is 0 Å². The average Bonchev–Trinajstić information content (AvgIpc) is 2.00. The number of carbonyl (C=O) groups excluding carboxylic acids is 1. The van der Waals surface area contributed by atoms with E-state index in [1.807, 2.05) is 0 Å². The van der Waals surface area contributed by atoms with Crippen molar-refractivity contribution >= 4 is 5.97 Å². The Morgan fingerprint density at radius 3 is 2.64 bits per heavy atom. The molecule has 0 saturated heterocycles. The maximum atomic E-state index is 10.8. The summed E-state index contributed by atoms with van der Waals surface area (Å²) in [6, 6.07) is 0. The van der Waals surface area contributed by atoms with Crippen molar-refractivity contribution in [3.8, 4) is 0 Å². The zero-order valence-electron chi connectivity index (χ0n) is 6.63. The molecule has 0 fully saturated rings. The summed E-state index contributed by atoms with van der Waals surface area (Å²) in [4.78, 5) is 10.8. The Bertz CT molecular complexity index is 161. The number of esters is 1. The van der Waals surface area contributed by atoms with Gasteiger partial charge >= 0.3 is 5.97 Å². The highest BCUT2D eigenvalue weighted by atomic mass is 16.6. The van der Waals surface area contributed by atoms with Gasteiger partial charge in [0.2, 0.25) is 0 Å². The van der Waals surface area contributed by atoms with E-state index in [1.165, 1.54) is 6.08 Å². The molecule has 0 rings (SSSR count). The monoisotopic (exact) mass is 156 g/mol. The van der Waals surface area contributed by atoms with Gasteiger partial charge in [0.25, 0.3) is 0 Å². The average molecular weight is 156 g/mol. The first kappa shape index (κ1) is 9.75. The Kier molecular flexibility index (Phi) is 4.90. The van der Waals surface area contributed by atoms with Gasteiger partial charge < -0.3 is 9.47 Å². The fourth-order valence-electron chi connectivity index (χ4n) is 0.448. The number of ether oxygens (including phenoxy) is 2. The maximum absolute atomic E-state index is 10.8. The van der Waals surface area contributed by atoms with Gasteiger partial charge in [-0.05, 0) is 13.5 Å². The third-order valence-corrected chi connectivity index (χ3v) is 0.879. The van der Waals surface area contributed by atoms with Crippen LogP contribution in [0, 0.1) is 0 Å². The van der Waals surface area contributed by atoms with E-state index in [-0.39, 0.29) is 12.4 Å². The number of hydrogen-bond acceptors (Lipinski definition) is 3. The van der Waals surface area contributed by atoms with Crippen molar-refractivity contribution in [1.29, 1.82) is 0 Å². The van der Waals surface area contributed by atoms with E-state index < -0.39 is 5.97 Å². The lowest BCUT2D eigenvalue weighted by molar-refractivity contribution is -0.141. The summed E-state index contributed by atoms with van der Waals surface area (Å²) in [6.45, 7) is 9.13. The van der Waals surface area contributed by atoms with Gasteiger partial charge in [-0.1, -0.05) is 12.7 Å². The second-order valence-corrected chi connectivity index (χ2v) is 1.74. The maximum Gasteiger partial charge on any atom is 0.373 e. The summed E-state index contributed by atoms with van der Waals surface area (Å²) >= 11 is 0. The Morgan fingerprint density at radius 1 is 1.55 bits per heavy atom. The van der Waals surface area contributed by atoms with Gasteiger partial charge in [0.1, 0.15) is 6.61 Å². The highest BCUT2D eigenvalue weighted by molar-refractivity contribution is 5.85. The van der Waals surface area contributed by atoms with Crippen molar-refractivity contribution < 1.29 is 14.3 Å². The molecule has 0 heterocycles. The SMILES string of the molecule is C=CCOC(=O)C(=C)OCC. The fourth-order valence-corrected chi connectivity index (χ4v) is 0.448. The van der Waals surface area contributed by atoms with Crippen molar-refractivity contribution in [2.24, 2.45) is 0 Å². The molecule has 0 aromatic heterocycles. The lowest BCUT2D eigenvalue weighted by Gasteiger charge is -2.04. The summed E-state index contributed by atoms with van der Waals surface area (Å²) in [7, 11) is 0. The van der Waals surface area contributed by atoms with Crippen LogP contribution in [0.1, 0.15) is 6.92 Å². The smallest absolute Gasteiger partial charge is 0.373 e. The molecule has 0 radical (unpaired) electrons. The van der Waals surface area contributed by atoms with Crippen LogP contribution in [0.5, 0.6) is 0 Å². The molecule has 0 saturated carbocycles. The molecule has 0 spiro atoms. The lowest BCUT2D eigenvalue weighted by atomic mass is 10.5. The van der Waals surface area contributed by atoms with Crippen LogP contribution in [-0.2, 0) is 14.3 Å². The fraction of sp³-hybridized carbons (Fsp3) is 0.375. The molecule has 62 valence electrons. The standard InChI is InChI=1S/C8H12O3/c1-4-6-11-8(9)7(3)10-5-2/h4H,1,3,5-6H2,2H3. The van der Waals surface area contributed by atoms with Gasteiger partial charge in [0.05, 0.1) is 6.61 Å². The van der Waals surface area contributed by atoms with Crippen molar-refractivity contribution in [3.63, 3.8) is 0 Å². The normalized spacial score (nSPS) is 8.45. The van der Waals surface area contributed by atoms with Gasteiger partial charge in [-0.25, -0.2) is 4.79 Å². The van der Waals surface area contributed by atoms with E-state index in [9.17, 15) is 4.79 Å². The van der Waals surface area contributed by atoms with Crippen molar-refractivity contribution in [1.82, 2.24) is 0 Å². The molecule has 0 amide bonds. The first-order valence-electron chi connectivity index (χ1n) is 3.32. The van der Waals surface area contributed by atoms with Gasteiger partial charge in [0.15, 0.2) is 5.76 Å². The lowest BCUT2D eigenvalue weighted by Crippen LogP contribution is -2.09. The molecule has 0 aliphatic carbocycles. The summed E-state index contributed by atoms with van der Waals surface area (Å²) in [5, 5.41) is 0. The molecule has 0 aliphatic heterocycles. The topological polar surface area (TPSA) is 35.5 Å². The molecule has 11 heavy (non-hydrogen) atoms. The van der Waals surface area contributed by atoms with Crippen LogP contribution in [0.3, 0.4) is 0 Å². The summed E-state index contributed by atoms with van der Waals surface area (Å²) in [5.74, 6) is -0.499. The molecule has 3 nitrogen and oxygen atoms in total. The minimum atomic E-state index is -0.535. The molecule has 0 unspecified atom stereocenters. The highest BCUT2D eigenvalue weighted by Crippen LogP contribution is 1.96. The van der Waals surface area contributed by atoms with E-state index in [4.69, 9.17) is 4.74 Å². The predicted octanol–water partition coefficient (Wildman–Crippen LogP) is 1.27. The molecule has 3 heteroatoms. The van der Waals surface area contributed by atoms with Crippen LogP contribution in [0.4, 0.5) is 0 Å². The van der Waals surface area contributed by atoms with Crippen LogP contribution in [0.15, 0.2) is 25.0 Å². The van der Waals surface area contributed by atoms with E-state index in [0.717, 1.165) is 0 Å². The second-order valence-electron chi connectivity index (χ2n) is 1.74. The van der Waals surface area contributed by atoms with Crippen LogP contribution >= 0.6 is 0 Å². The minimum Gasteiger partial charge on any atom is -0.487 e. The predicted molar refractivity (Wildman–Crippen MR) is 41.9 cm³/mol. The molecule has 0 atom stereocenters. The Hall–Kier alpha value is -1.25. The van der Waals surface area contributed by atoms with Crippen molar-refractivity contribution in [2.45, 2.75) is 6.92 Å². The molecule has 0 bridgehead atoms. The molecule has 0 aromatic carbocycles. The summed E-state index contributed by atoms with van der Waals surface area (Å²) in [5.41, 5.74) is 0. The molecule has 0 aliphatic rings. The quantitative estimate of drug-likeness (QED) is 0.260. The van der Waals surface area contributed by atoms with Crippen LogP contribution in [-0.4, -0.2) is 19.2 Å². The first-order valence-corrected chi connectivity index (χ1v) is 3.32. The van der Waals surface area contributed by atoms with E-state index >= 15 is 0 Å². The van der Waals surface area contributed by atoms with E-state index in [1.54, 1.807) is 6.92 Å². The Balaban J connectivity index is 3.64. The largest absolute Gasteiger partial charge is 0.487 e. The van der Waals surface area contributed by atoms with Crippen molar-refractivity contribution in [2.75, 3.05) is 13.2 Å². The van der Waals surface area contributed by atoms with Crippen LogP contribution in [0.2, 0.25) is 0 Å². The molecular formula is C8H12O3. The third kappa shape index (κ3) is 4.19. The molecule has 0 aromatic rings. The minimum absolute atomic E-state index is 0.0364. The molecule has 0 N–H and O–H groups in total. The van der Waals surface area contributed by atoms with Gasteiger partial charge in [-0.3, -0.25) is 0 Å². The zero-order chi connectivity index (χ0) is 8.69. The second kappa shape index (κ2) is 5.53. The van der Waals surface area contributed by atoms with Crippen LogP contribution < -0.4 is 0 Å². The van der Waals surface area contributed by atoms with E-state index in [2.05, 4.69) is 17.9 Å².